The third kappa shape index (κ3) is 18.3. The van der Waals surface area contributed by atoms with E-state index in [-0.39, 0.29) is 12.8 Å². The van der Waals surface area contributed by atoms with Gasteiger partial charge in [-0.3, -0.25) is 9.59 Å². The van der Waals surface area contributed by atoms with Gasteiger partial charge in [-0.15, -0.1) is 0 Å². The van der Waals surface area contributed by atoms with E-state index in [1.54, 1.807) is 0 Å². The quantitative estimate of drug-likeness (QED) is 0.0683. The molecule has 0 spiro atoms. The summed E-state index contributed by atoms with van der Waals surface area (Å²) >= 11 is 0. The number of rotatable bonds is 20. The van der Waals surface area contributed by atoms with Crippen molar-refractivity contribution >= 4 is 18.2 Å². The van der Waals surface area contributed by atoms with Crippen LogP contribution in [0.5, 0.6) is 0 Å². The highest BCUT2D eigenvalue weighted by molar-refractivity contribution is 5.87. The fourth-order valence-electron chi connectivity index (χ4n) is 3.23. The molecule has 0 fully saturated rings. The minimum absolute atomic E-state index is 0.135. The van der Waals surface area contributed by atoms with Gasteiger partial charge in [0.25, 0.3) is 0 Å². The zero-order valence-electron chi connectivity index (χ0n) is 19.4. The first-order chi connectivity index (χ1) is 14.7. The van der Waals surface area contributed by atoms with Crippen molar-refractivity contribution in [3.63, 3.8) is 0 Å². The van der Waals surface area contributed by atoms with Crippen molar-refractivity contribution in [1.82, 2.24) is 0 Å². The van der Waals surface area contributed by atoms with Gasteiger partial charge in [-0.05, 0) is 44.9 Å². The number of allylic oxidation sites excluding steroid dienone is 4. The van der Waals surface area contributed by atoms with Crippen LogP contribution in [0.25, 0.3) is 0 Å². The number of hydrogen-bond donors (Lipinski definition) is 0. The van der Waals surface area contributed by atoms with Gasteiger partial charge in [-0.2, -0.15) is 0 Å². The summed E-state index contributed by atoms with van der Waals surface area (Å²) in [6, 6.07) is 0. The Labute approximate surface area is 184 Å². The van der Waals surface area contributed by atoms with Crippen molar-refractivity contribution in [3.8, 4) is 0 Å². The maximum atomic E-state index is 12.0. The molecule has 0 saturated heterocycles. The second-order valence-electron chi connectivity index (χ2n) is 8.02. The van der Waals surface area contributed by atoms with Crippen molar-refractivity contribution in [3.05, 3.63) is 24.3 Å². The summed E-state index contributed by atoms with van der Waals surface area (Å²) in [7, 11) is 0. The van der Waals surface area contributed by atoms with Crippen LogP contribution in [0.15, 0.2) is 24.3 Å². The molecule has 0 amide bonds. The zero-order valence-corrected chi connectivity index (χ0v) is 19.4. The fraction of sp³-hybridized carbons (Fsp3) is 0.731. The maximum Gasteiger partial charge on any atom is 0.317 e. The Bertz CT molecular complexity index is 493. The second kappa shape index (κ2) is 22.0. The number of carbonyl (C=O) groups is 3. The monoisotopic (exact) mass is 420 g/mol. The molecule has 0 rings (SSSR count). The molecule has 0 saturated carbocycles. The summed E-state index contributed by atoms with van der Waals surface area (Å²) < 4.78 is 4.93. The molecule has 0 aromatic carbocycles. The third-order valence-corrected chi connectivity index (χ3v) is 5.17. The number of carbonyl (C=O) groups excluding carboxylic acids is 3. The van der Waals surface area contributed by atoms with Gasteiger partial charge in [-0.25, -0.2) is 0 Å². The third-order valence-electron chi connectivity index (χ3n) is 5.17. The van der Waals surface area contributed by atoms with E-state index in [1.165, 1.54) is 32.1 Å². The molecule has 0 N–H and O–H groups in total. The maximum absolute atomic E-state index is 12.0. The molecular weight excluding hydrogens is 376 g/mol. The van der Waals surface area contributed by atoms with E-state index in [4.69, 9.17) is 4.74 Å². The van der Waals surface area contributed by atoms with Gasteiger partial charge in [0.05, 0.1) is 5.92 Å². The Hall–Kier alpha value is -1.71. The first-order valence-electron chi connectivity index (χ1n) is 12.1. The molecule has 4 nitrogen and oxygen atoms in total. The molecule has 0 radical (unpaired) electrons. The lowest BCUT2D eigenvalue weighted by Crippen LogP contribution is -2.21. The number of ether oxygens (including phenoxy) is 1. The lowest BCUT2D eigenvalue weighted by Gasteiger charge is -2.11. The van der Waals surface area contributed by atoms with Crippen LogP contribution in [-0.2, 0) is 19.1 Å². The van der Waals surface area contributed by atoms with Crippen LogP contribution in [0.3, 0.4) is 0 Å². The lowest BCUT2D eigenvalue weighted by atomic mass is 9.99. The zero-order chi connectivity index (χ0) is 22.3. The molecule has 1 unspecified atom stereocenters. The number of hydrogen-bond acceptors (Lipinski definition) is 4. The minimum atomic E-state index is -0.539. The average molecular weight is 421 g/mol. The van der Waals surface area contributed by atoms with Gasteiger partial charge in [0.15, 0.2) is 0 Å². The van der Waals surface area contributed by atoms with E-state index in [9.17, 15) is 14.4 Å². The Morgan fingerprint density at radius 2 is 1.37 bits per heavy atom. The first-order valence-corrected chi connectivity index (χ1v) is 12.1. The molecule has 0 aliphatic carbocycles. The van der Waals surface area contributed by atoms with Crippen LogP contribution in [0, 0.1) is 5.92 Å². The lowest BCUT2D eigenvalue weighted by molar-refractivity contribution is -0.163. The van der Waals surface area contributed by atoms with E-state index in [1.807, 2.05) is 6.92 Å². The molecule has 0 aliphatic rings. The van der Waals surface area contributed by atoms with E-state index >= 15 is 0 Å². The summed E-state index contributed by atoms with van der Waals surface area (Å²) in [6.07, 6.45) is 24.9. The summed E-state index contributed by atoms with van der Waals surface area (Å²) in [5.74, 6) is -1.47. The first kappa shape index (κ1) is 28.3. The van der Waals surface area contributed by atoms with Crippen LogP contribution in [0.2, 0.25) is 0 Å². The summed E-state index contributed by atoms with van der Waals surface area (Å²) in [5, 5.41) is 0. The topological polar surface area (TPSA) is 60.4 Å². The average Bonchev–Trinajstić information content (AvgIpc) is 2.73. The minimum Gasteiger partial charge on any atom is -0.393 e. The Morgan fingerprint density at radius 3 is 2.00 bits per heavy atom. The molecule has 0 aromatic rings. The molecule has 172 valence electrons. The Morgan fingerprint density at radius 1 is 0.767 bits per heavy atom. The largest absolute Gasteiger partial charge is 0.393 e. The highest BCUT2D eigenvalue weighted by Crippen LogP contribution is 2.15. The van der Waals surface area contributed by atoms with Crippen LogP contribution in [-0.4, -0.2) is 18.2 Å². The van der Waals surface area contributed by atoms with Crippen molar-refractivity contribution in [1.29, 1.82) is 0 Å². The van der Waals surface area contributed by atoms with Crippen LogP contribution in [0.1, 0.15) is 117 Å². The van der Waals surface area contributed by atoms with E-state index in [0.717, 1.165) is 57.7 Å². The van der Waals surface area contributed by atoms with E-state index in [2.05, 4.69) is 31.2 Å². The number of aldehydes is 1. The number of esters is 2. The molecule has 30 heavy (non-hydrogen) atoms. The van der Waals surface area contributed by atoms with Gasteiger partial charge in [0, 0.05) is 12.8 Å². The van der Waals surface area contributed by atoms with Gasteiger partial charge < -0.3 is 9.53 Å². The highest BCUT2D eigenvalue weighted by Gasteiger charge is 2.21. The van der Waals surface area contributed by atoms with Gasteiger partial charge >= 0.3 is 11.9 Å². The summed E-state index contributed by atoms with van der Waals surface area (Å²) in [5.41, 5.74) is 0. The van der Waals surface area contributed by atoms with Gasteiger partial charge in [-0.1, -0.05) is 83.1 Å². The van der Waals surface area contributed by atoms with Crippen LogP contribution >= 0.6 is 0 Å². The molecular formula is C26H44O4. The van der Waals surface area contributed by atoms with Crippen molar-refractivity contribution in [2.75, 3.05) is 0 Å². The normalized spacial score (nSPS) is 12.5. The van der Waals surface area contributed by atoms with Crippen molar-refractivity contribution in [2.24, 2.45) is 5.92 Å². The van der Waals surface area contributed by atoms with Gasteiger partial charge in [0.1, 0.15) is 6.29 Å². The second-order valence-corrected chi connectivity index (χ2v) is 8.02. The van der Waals surface area contributed by atoms with Crippen LogP contribution in [0.4, 0.5) is 0 Å². The smallest absolute Gasteiger partial charge is 0.317 e. The molecule has 4 heteroatoms. The number of unbranched alkanes of at least 4 members (excludes halogenated alkanes) is 9. The fourth-order valence-corrected chi connectivity index (χ4v) is 3.23. The van der Waals surface area contributed by atoms with Crippen LogP contribution < -0.4 is 0 Å². The standard InChI is InChI=1S/C26H44O4/c1-3-5-7-8-9-10-11-12-13-14-15-16-17-18-19-21-25(28)30-26(29)24(22-23-27)20-6-4-2/h9-10,12-13,23-24H,3-8,11,14-22H2,1-2H3. The van der Waals surface area contributed by atoms with E-state index < -0.39 is 17.9 Å². The van der Waals surface area contributed by atoms with Gasteiger partial charge in [0.2, 0.25) is 0 Å². The molecule has 0 aromatic heterocycles. The Balaban J connectivity index is 3.64. The summed E-state index contributed by atoms with van der Waals surface area (Å²) in [6.45, 7) is 4.25. The van der Waals surface area contributed by atoms with Crippen molar-refractivity contribution in [2.45, 2.75) is 117 Å². The predicted molar refractivity (Wildman–Crippen MR) is 124 cm³/mol. The Kier molecular flexibility index (Phi) is 20.7. The molecule has 0 aliphatic heterocycles. The SMILES string of the molecule is CCCCCC=CCC=CCCCCCCCC(=O)OC(=O)C(CC=O)CCCC. The molecule has 0 heterocycles. The highest BCUT2D eigenvalue weighted by atomic mass is 16.6. The van der Waals surface area contributed by atoms with E-state index in [0.29, 0.717) is 6.42 Å². The van der Waals surface area contributed by atoms with Crippen molar-refractivity contribution < 1.29 is 19.1 Å². The molecule has 1 atom stereocenters. The molecule has 0 bridgehead atoms. The summed E-state index contributed by atoms with van der Waals surface area (Å²) in [4.78, 5) is 34.5. The predicted octanol–water partition coefficient (Wildman–Crippen LogP) is 7.27.